The first-order chi connectivity index (χ1) is 14.5. The van der Waals surface area contributed by atoms with Crippen molar-refractivity contribution in [2.24, 2.45) is 0 Å². The summed E-state index contributed by atoms with van der Waals surface area (Å²) in [5.41, 5.74) is 0.646. The summed E-state index contributed by atoms with van der Waals surface area (Å²) in [6.45, 7) is 0.904. The van der Waals surface area contributed by atoms with Crippen LogP contribution in [0.2, 0.25) is 0 Å². The number of carbonyl (C=O) groups is 1. The molecule has 0 radical (unpaired) electrons. The zero-order valence-corrected chi connectivity index (χ0v) is 16.6. The quantitative estimate of drug-likeness (QED) is 0.500. The molecule has 0 aromatic heterocycles. The van der Waals surface area contributed by atoms with E-state index in [1.807, 2.05) is 36.4 Å². The van der Waals surface area contributed by atoms with Gasteiger partial charge in [0.1, 0.15) is 5.75 Å². The molecule has 0 saturated carbocycles. The highest BCUT2D eigenvalue weighted by Gasteiger charge is 2.42. The Morgan fingerprint density at radius 3 is 2.33 bits per heavy atom. The van der Waals surface area contributed by atoms with Crippen molar-refractivity contribution in [1.82, 2.24) is 0 Å². The Labute approximate surface area is 173 Å². The van der Waals surface area contributed by atoms with E-state index >= 15 is 0 Å². The van der Waals surface area contributed by atoms with Gasteiger partial charge in [0.2, 0.25) is 5.91 Å². The number of benzene rings is 3. The number of ether oxygens (including phenoxy) is 2. The molecule has 0 spiro atoms. The predicted octanol–water partition coefficient (Wildman–Crippen LogP) is 4.44. The number of nitro benzene ring substituents is 1. The van der Waals surface area contributed by atoms with Crippen LogP contribution in [0.5, 0.6) is 5.75 Å². The molecule has 1 N–H and O–H groups in total. The minimum atomic E-state index is -0.811. The van der Waals surface area contributed by atoms with Crippen LogP contribution < -0.4 is 10.1 Å². The number of fused-ring (bicyclic) bond motifs is 1. The van der Waals surface area contributed by atoms with Crippen molar-refractivity contribution in [3.8, 4) is 5.75 Å². The van der Waals surface area contributed by atoms with Crippen molar-refractivity contribution in [3.05, 3.63) is 76.3 Å². The second-order valence-corrected chi connectivity index (χ2v) is 7.31. The molecule has 7 heteroatoms. The van der Waals surface area contributed by atoms with Crippen LogP contribution in [0.4, 0.5) is 11.4 Å². The lowest BCUT2D eigenvalue weighted by Gasteiger charge is -2.36. The number of rotatable bonds is 5. The fourth-order valence-electron chi connectivity index (χ4n) is 4.07. The van der Waals surface area contributed by atoms with Gasteiger partial charge in [-0.2, -0.15) is 0 Å². The topological polar surface area (TPSA) is 90.7 Å². The summed E-state index contributed by atoms with van der Waals surface area (Å²) in [5, 5.41) is 15.9. The molecule has 0 aliphatic carbocycles. The summed E-state index contributed by atoms with van der Waals surface area (Å²) in [7, 11) is 1.62. The molecule has 3 aromatic rings. The van der Waals surface area contributed by atoms with Gasteiger partial charge < -0.3 is 14.8 Å². The van der Waals surface area contributed by atoms with Crippen molar-refractivity contribution < 1.29 is 19.2 Å². The van der Waals surface area contributed by atoms with E-state index in [0.717, 1.165) is 22.1 Å². The van der Waals surface area contributed by atoms with Crippen LogP contribution in [0.3, 0.4) is 0 Å². The van der Waals surface area contributed by atoms with Gasteiger partial charge in [0.05, 0.1) is 17.4 Å². The maximum Gasteiger partial charge on any atom is 0.269 e. The summed E-state index contributed by atoms with van der Waals surface area (Å²) in [5.74, 6) is 0.592. The third-order valence-electron chi connectivity index (χ3n) is 5.76. The van der Waals surface area contributed by atoms with Crippen LogP contribution in [-0.2, 0) is 14.9 Å². The van der Waals surface area contributed by atoms with E-state index in [9.17, 15) is 14.9 Å². The molecule has 1 saturated heterocycles. The number of methoxy groups -OCH3 is 1. The lowest BCUT2D eigenvalue weighted by molar-refractivity contribution is -0.384. The molecule has 4 rings (SSSR count). The number of hydrogen-bond donors (Lipinski definition) is 1. The first-order valence-corrected chi connectivity index (χ1v) is 9.75. The van der Waals surface area contributed by atoms with Crippen LogP contribution in [-0.4, -0.2) is 31.2 Å². The second-order valence-electron chi connectivity index (χ2n) is 7.31. The monoisotopic (exact) mass is 406 g/mol. The fraction of sp³-hybridized carbons (Fsp3) is 0.261. The molecule has 1 amide bonds. The first kappa shape index (κ1) is 19.8. The largest absolute Gasteiger partial charge is 0.496 e. The van der Waals surface area contributed by atoms with Gasteiger partial charge in [-0.25, -0.2) is 0 Å². The Hall–Kier alpha value is -3.45. The zero-order valence-electron chi connectivity index (χ0n) is 16.6. The highest BCUT2D eigenvalue weighted by atomic mass is 16.6. The van der Waals surface area contributed by atoms with E-state index in [2.05, 4.69) is 5.32 Å². The number of hydrogen-bond acceptors (Lipinski definition) is 5. The van der Waals surface area contributed by atoms with Gasteiger partial charge in [-0.3, -0.25) is 14.9 Å². The molecule has 3 aromatic carbocycles. The van der Waals surface area contributed by atoms with E-state index in [1.54, 1.807) is 19.2 Å². The summed E-state index contributed by atoms with van der Waals surface area (Å²) < 4.78 is 10.9. The van der Waals surface area contributed by atoms with E-state index in [4.69, 9.17) is 9.47 Å². The van der Waals surface area contributed by atoms with Gasteiger partial charge in [0.15, 0.2) is 0 Å². The summed E-state index contributed by atoms with van der Waals surface area (Å²) in [6.07, 6.45) is 1.01. The molecule has 1 aliphatic heterocycles. The van der Waals surface area contributed by atoms with Crippen LogP contribution in [0.1, 0.15) is 18.4 Å². The standard InChI is InChI=1S/C23H22N2O5/c1-29-21-11-10-20(18-4-2-3-5-19(18)21)24-22(26)23(12-14-30-15-13-23)16-6-8-17(9-7-16)25(27)28/h2-11H,12-15H2,1H3,(H,24,26). The zero-order chi connectivity index (χ0) is 21.1. The van der Waals surface area contributed by atoms with Crippen LogP contribution in [0.15, 0.2) is 60.7 Å². The van der Waals surface area contributed by atoms with E-state index in [1.165, 1.54) is 12.1 Å². The number of nitro groups is 1. The SMILES string of the molecule is COc1ccc(NC(=O)C2(c3ccc([N+](=O)[O-])cc3)CCOCC2)c2ccccc12. The Kier molecular flexibility index (Phi) is 5.37. The summed E-state index contributed by atoms with van der Waals surface area (Å²) in [4.78, 5) is 24.2. The number of anilines is 1. The van der Waals surface area contributed by atoms with Crippen LogP contribution >= 0.6 is 0 Å². The van der Waals surface area contributed by atoms with Gasteiger partial charge in [-0.05, 0) is 30.5 Å². The summed E-state index contributed by atoms with van der Waals surface area (Å²) in [6, 6.07) is 17.6. The van der Waals surface area contributed by atoms with Gasteiger partial charge in [0, 0.05) is 41.8 Å². The Morgan fingerprint density at radius 2 is 1.70 bits per heavy atom. The lowest BCUT2D eigenvalue weighted by atomic mass is 9.73. The van der Waals surface area contributed by atoms with E-state index in [-0.39, 0.29) is 11.6 Å². The van der Waals surface area contributed by atoms with E-state index in [0.29, 0.717) is 31.7 Å². The van der Waals surface area contributed by atoms with Crippen molar-refractivity contribution >= 4 is 28.1 Å². The minimum absolute atomic E-state index is 0.00233. The lowest BCUT2D eigenvalue weighted by Crippen LogP contribution is -2.44. The molecule has 0 unspecified atom stereocenters. The smallest absolute Gasteiger partial charge is 0.269 e. The van der Waals surface area contributed by atoms with Gasteiger partial charge >= 0.3 is 0 Å². The molecular weight excluding hydrogens is 384 g/mol. The number of non-ortho nitro benzene ring substituents is 1. The Morgan fingerprint density at radius 1 is 1.03 bits per heavy atom. The highest BCUT2D eigenvalue weighted by molar-refractivity contribution is 6.07. The Bertz CT molecular complexity index is 1090. The number of amides is 1. The molecule has 1 heterocycles. The fourth-order valence-corrected chi connectivity index (χ4v) is 4.07. The van der Waals surface area contributed by atoms with Crippen LogP contribution in [0, 0.1) is 10.1 Å². The van der Waals surface area contributed by atoms with Gasteiger partial charge in [-0.15, -0.1) is 0 Å². The van der Waals surface area contributed by atoms with E-state index < -0.39 is 10.3 Å². The highest BCUT2D eigenvalue weighted by Crippen LogP contribution is 2.38. The minimum Gasteiger partial charge on any atom is -0.496 e. The Balaban J connectivity index is 1.72. The predicted molar refractivity (Wildman–Crippen MR) is 114 cm³/mol. The van der Waals surface area contributed by atoms with Crippen LogP contribution in [0.25, 0.3) is 10.8 Å². The number of nitrogens with zero attached hydrogens (tertiary/aromatic N) is 1. The molecular formula is C23H22N2O5. The maximum absolute atomic E-state index is 13.6. The molecule has 154 valence electrons. The molecule has 1 fully saturated rings. The molecule has 30 heavy (non-hydrogen) atoms. The normalized spacial score (nSPS) is 15.5. The van der Waals surface area contributed by atoms with Crippen molar-refractivity contribution in [2.45, 2.75) is 18.3 Å². The average Bonchev–Trinajstić information content (AvgIpc) is 2.79. The summed E-state index contributed by atoms with van der Waals surface area (Å²) >= 11 is 0. The molecule has 7 nitrogen and oxygen atoms in total. The number of nitrogens with one attached hydrogen (secondary N) is 1. The van der Waals surface area contributed by atoms with Crippen molar-refractivity contribution in [3.63, 3.8) is 0 Å². The average molecular weight is 406 g/mol. The van der Waals surface area contributed by atoms with Gasteiger partial charge in [-0.1, -0.05) is 36.4 Å². The van der Waals surface area contributed by atoms with Crippen molar-refractivity contribution in [2.75, 3.05) is 25.6 Å². The molecule has 0 bridgehead atoms. The van der Waals surface area contributed by atoms with Gasteiger partial charge in [0.25, 0.3) is 5.69 Å². The third kappa shape index (κ3) is 3.48. The molecule has 1 aliphatic rings. The van der Waals surface area contributed by atoms with Crippen molar-refractivity contribution in [1.29, 1.82) is 0 Å². The first-order valence-electron chi connectivity index (χ1n) is 9.75. The third-order valence-corrected chi connectivity index (χ3v) is 5.76. The maximum atomic E-state index is 13.6. The molecule has 0 atom stereocenters. The second kappa shape index (κ2) is 8.12. The number of carbonyl (C=O) groups excluding carboxylic acids is 1.